The van der Waals surface area contributed by atoms with Crippen LogP contribution in [0.4, 0.5) is 0 Å². The predicted octanol–water partition coefficient (Wildman–Crippen LogP) is 9.91. The van der Waals surface area contributed by atoms with Crippen molar-refractivity contribution in [2.45, 2.75) is 108 Å². The molecule has 0 aliphatic heterocycles. The second-order valence-electron chi connectivity index (χ2n) is 13.8. The number of hydrogen-bond acceptors (Lipinski definition) is 0. The van der Waals surface area contributed by atoms with Crippen molar-refractivity contribution < 1.29 is 19.5 Å². The van der Waals surface area contributed by atoms with Crippen molar-refractivity contribution >= 4 is 0 Å². The first-order chi connectivity index (χ1) is 14.5. The summed E-state index contributed by atoms with van der Waals surface area (Å²) in [6.07, 6.45) is 22.8. The Morgan fingerprint density at radius 2 is 1.15 bits per heavy atom. The van der Waals surface area contributed by atoms with Crippen LogP contribution in [0.25, 0.3) is 0 Å². The molecule has 188 valence electrons. The van der Waals surface area contributed by atoms with E-state index in [-0.39, 0.29) is 35.7 Å². The topological polar surface area (TPSA) is 0 Å². The minimum Gasteiger partial charge on any atom is -0.0882 e. The van der Waals surface area contributed by atoms with Gasteiger partial charge in [0, 0.05) is 25.4 Å². The summed E-state index contributed by atoms with van der Waals surface area (Å²) in [6.45, 7) is 26.0. The zero-order valence-corrected chi connectivity index (χ0v) is 25.1. The van der Waals surface area contributed by atoms with E-state index in [1.165, 1.54) is 49.9 Å². The van der Waals surface area contributed by atoms with Gasteiger partial charge in [-0.3, -0.25) is 0 Å². The van der Waals surface area contributed by atoms with Crippen LogP contribution in [0.1, 0.15) is 108 Å². The Morgan fingerprint density at radius 3 is 1.48 bits per heavy atom. The van der Waals surface area contributed by atoms with Gasteiger partial charge < -0.3 is 0 Å². The van der Waals surface area contributed by atoms with Gasteiger partial charge >= 0.3 is 0 Å². The second-order valence-corrected chi connectivity index (χ2v) is 13.8. The number of rotatable bonds is 1. The Bertz CT molecular complexity index is 657. The zero-order valence-electron chi connectivity index (χ0n) is 23.5. The molecule has 0 aromatic rings. The monoisotopic (exact) mass is 538 g/mol. The molecule has 0 nitrogen and oxygen atoms in total. The molecule has 1 heteroatoms. The van der Waals surface area contributed by atoms with Crippen molar-refractivity contribution in [3.63, 3.8) is 0 Å². The molecule has 1 atom stereocenters. The average Bonchev–Trinajstić information content (AvgIpc) is 3.14. The van der Waals surface area contributed by atoms with E-state index in [9.17, 15) is 0 Å². The fraction of sp³-hybridized carbons (Fsp3) is 0.656. The summed E-state index contributed by atoms with van der Waals surface area (Å²) in [6, 6.07) is 0. The molecular formula is C32H51Rh. The van der Waals surface area contributed by atoms with Gasteiger partial charge in [0.2, 0.25) is 0 Å². The third-order valence-electron chi connectivity index (χ3n) is 7.13. The fourth-order valence-electron chi connectivity index (χ4n) is 4.80. The van der Waals surface area contributed by atoms with Gasteiger partial charge in [-0.25, -0.2) is 0 Å². The van der Waals surface area contributed by atoms with E-state index >= 15 is 0 Å². The van der Waals surface area contributed by atoms with Gasteiger partial charge in [-0.1, -0.05) is 112 Å². The summed E-state index contributed by atoms with van der Waals surface area (Å²) >= 11 is 0. The molecule has 33 heavy (non-hydrogen) atoms. The largest absolute Gasteiger partial charge is 0.0882 e. The average molecular weight is 539 g/mol. The van der Waals surface area contributed by atoms with Gasteiger partial charge in [0.05, 0.1) is 0 Å². The fourth-order valence-corrected chi connectivity index (χ4v) is 4.80. The van der Waals surface area contributed by atoms with Crippen LogP contribution in [0.5, 0.6) is 0 Å². The standard InChI is InChI=1S/C24H39.C8H12.Rh/c1-21(2,3)16-12-18(19(13-16)23(7,8)9)20-14-17(22(4,5)6)15-24(20,10)11;1-2-4-6-8-7-5-3-1;/h12-14,17H,15H2,1-11H3;1-2,7-8H,3-6H2;/b;2-1-,8-7-;. The van der Waals surface area contributed by atoms with Gasteiger partial charge in [-0.05, 0) is 84.4 Å². The minimum absolute atomic E-state index is 0. The van der Waals surface area contributed by atoms with Crippen molar-refractivity contribution in [2.24, 2.45) is 27.6 Å². The van der Waals surface area contributed by atoms with Gasteiger partial charge in [0.15, 0.2) is 0 Å². The van der Waals surface area contributed by atoms with Crippen LogP contribution >= 0.6 is 0 Å². The Balaban J connectivity index is 0.000000511. The van der Waals surface area contributed by atoms with Crippen molar-refractivity contribution in [1.82, 2.24) is 0 Å². The van der Waals surface area contributed by atoms with Gasteiger partial charge in [-0.2, -0.15) is 0 Å². The molecule has 1 unspecified atom stereocenters. The van der Waals surface area contributed by atoms with Crippen LogP contribution in [0.2, 0.25) is 0 Å². The maximum absolute atomic E-state index is 2.59. The number of allylic oxidation sites excluding steroid dienone is 6. The molecule has 0 amide bonds. The molecule has 1 saturated carbocycles. The van der Waals surface area contributed by atoms with Crippen LogP contribution in [0.3, 0.4) is 0 Å². The smallest absolute Gasteiger partial charge is 0.0127 e. The van der Waals surface area contributed by atoms with Gasteiger partial charge in [-0.15, -0.1) is 0 Å². The van der Waals surface area contributed by atoms with E-state index in [1.807, 2.05) is 0 Å². The summed E-state index contributed by atoms with van der Waals surface area (Å²) in [4.78, 5) is 0. The van der Waals surface area contributed by atoms with E-state index in [0.717, 1.165) is 0 Å². The third-order valence-corrected chi connectivity index (χ3v) is 7.13. The van der Waals surface area contributed by atoms with E-state index in [4.69, 9.17) is 0 Å². The van der Waals surface area contributed by atoms with E-state index in [2.05, 4.69) is 119 Å². The van der Waals surface area contributed by atoms with E-state index in [1.54, 1.807) is 5.57 Å². The molecule has 0 N–H and O–H groups in total. The maximum Gasteiger partial charge on any atom is 0.0127 e. The van der Waals surface area contributed by atoms with Gasteiger partial charge in [0.1, 0.15) is 0 Å². The molecule has 0 aromatic carbocycles. The Morgan fingerprint density at radius 1 is 0.697 bits per heavy atom. The van der Waals surface area contributed by atoms with Crippen molar-refractivity contribution in [3.8, 4) is 0 Å². The number of hydrogen-bond donors (Lipinski definition) is 0. The molecule has 0 heterocycles. The van der Waals surface area contributed by atoms with Crippen LogP contribution in [-0.4, -0.2) is 0 Å². The normalized spacial score (nSPS) is 27.0. The predicted molar refractivity (Wildman–Crippen MR) is 143 cm³/mol. The first-order valence-electron chi connectivity index (χ1n) is 12.9. The molecule has 3 aliphatic carbocycles. The molecule has 6 radical (unpaired) electrons. The van der Waals surface area contributed by atoms with Crippen molar-refractivity contribution in [1.29, 1.82) is 0 Å². The van der Waals surface area contributed by atoms with Crippen LogP contribution in [0.15, 0.2) is 36.0 Å². The first-order valence-corrected chi connectivity index (χ1v) is 12.9. The second kappa shape index (κ2) is 11.7. The van der Waals surface area contributed by atoms with Gasteiger partial charge in [0.25, 0.3) is 0 Å². The Kier molecular flexibility index (Phi) is 11.0. The molecular weight excluding hydrogens is 487 g/mol. The SMILES string of the molecule is C1=C\CC/C=C\CC/1.CC(C)(C)[C]1[CH][C](C2=CC(C(C)(C)C)CC2(C)C)[C](C(C)(C)C)[CH]1.[Rh]. The molecule has 1 fully saturated rings. The molecule has 3 aliphatic rings. The summed E-state index contributed by atoms with van der Waals surface area (Å²) in [5.74, 6) is 5.15. The van der Waals surface area contributed by atoms with Crippen LogP contribution in [-0.2, 0) is 19.5 Å². The third kappa shape index (κ3) is 8.78. The summed E-state index contributed by atoms with van der Waals surface area (Å²) in [7, 11) is 0. The summed E-state index contributed by atoms with van der Waals surface area (Å²) < 4.78 is 0. The quantitative estimate of drug-likeness (QED) is 0.230. The Hall–Kier alpha value is -0.157. The van der Waals surface area contributed by atoms with E-state index in [0.29, 0.717) is 11.3 Å². The molecule has 0 aromatic heterocycles. The maximum atomic E-state index is 2.59. The molecule has 3 rings (SSSR count). The Labute approximate surface area is 221 Å². The summed E-state index contributed by atoms with van der Waals surface area (Å²) in [5.41, 5.74) is 2.53. The first kappa shape index (κ1) is 30.9. The summed E-state index contributed by atoms with van der Waals surface area (Å²) in [5, 5.41) is 0. The molecule has 0 bridgehead atoms. The van der Waals surface area contributed by atoms with Crippen molar-refractivity contribution in [2.75, 3.05) is 0 Å². The molecule has 0 saturated heterocycles. The minimum atomic E-state index is 0. The van der Waals surface area contributed by atoms with Crippen LogP contribution < -0.4 is 0 Å². The van der Waals surface area contributed by atoms with E-state index < -0.39 is 0 Å². The van der Waals surface area contributed by atoms with Crippen LogP contribution in [0, 0.1) is 58.2 Å². The molecule has 0 spiro atoms. The zero-order chi connectivity index (χ0) is 24.4. The van der Waals surface area contributed by atoms with Crippen molar-refractivity contribution in [3.05, 3.63) is 66.5 Å².